The molecule has 7 nitrogen and oxygen atoms in total. The van der Waals surface area contributed by atoms with E-state index in [4.69, 9.17) is 5.73 Å². The second kappa shape index (κ2) is 8.72. The lowest BCUT2D eigenvalue weighted by molar-refractivity contribution is -0.117. The van der Waals surface area contributed by atoms with E-state index < -0.39 is 12.0 Å². The maximum Gasteiger partial charge on any atom is 0.269 e. The van der Waals surface area contributed by atoms with Crippen LogP contribution < -0.4 is 5.73 Å². The van der Waals surface area contributed by atoms with Crippen molar-refractivity contribution in [3.05, 3.63) is 46.8 Å². The molecule has 1 aromatic heterocycles. The summed E-state index contributed by atoms with van der Waals surface area (Å²) in [6.07, 6.45) is 4.04. The average Bonchev–Trinajstić information content (AvgIpc) is 3.10. The third kappa shape index (κ3) is 4.41. The molecule has 2 aromatic rings. The summed E-state index contributed by atoms with van der Waals surface area (Å²) >= 11 is 0. The molecule has 1 atom stereocenters. The smallest absolute Gasteiger partial charge is 0.269 e. The van der Waals surface area contributed by atoms with Crippen LogP contribution in [0.15, 0.2) is 24.3 Å². The van der Waals surface area contributed by atoms with Gasteiger partial charge in [0.1, 0.15) is 6.10 Å². The second-order valence-corrected chi connectivity index (χ2v) is 6.97. The number of hydrogen-bond donors (Lipinski definition) is 2. The summed E-state index contributed by atoms with van der Waals surface area (Å²) in [7, 11) is 1.65. The van der Waals surface area contributed by atoms with Crippen LogP contribution in [0, 0.1) is 11.8 Å². The molecule has 0 fully saturated rings. The molecular formula is C21H24N4O3. The van der Waals surface area contributed by atoms with Crippen molar-refractivity contribution in [2.24, 2.45) is 5.73 Å². The van der Waals surface area contributed by atoms with Crippen molar-refractivity contribution in [3.63, 3.8) is 0 Å². The molecule has 28 heavy (non-hydrogen) atoms. The fraction of sp³-hybridized carbons (Fsp3) is 0.381. The molecule has 1 heterocycles. The van der Waals surface area contributed by atoms with Crippen LogP contribution in [0.5, 0.6) is 0 Å². The predicted octanol–water partition coefficient (Wildman–Crippen LogP) is 1.04. The van der Waals surface area contributed by atoms with Gasteiger partial charge in [-0.15, -0.1) is 0 Å². The van der Waals surface area contributed by atoms with Gasteiger partial charge in [-0.2, -0.15) is 5.10 Å². The molecule has 0 spiro atoms. The third-order valence-corrected chi connectivity index (χ3v) is 4.82. The minimum Gasteiger partial charge on any atom is -0.380 e. The lowest BCUT2D eigenvalue weighted by Gasteiger charge is -2.14. The minimum atomic E-state index is -0.815. The van der Waals surface area contributed by atoms with E-state index in [-0.39, 0.29) is 0 Å². The number of aliphatic hydroxyl groups excluding tert-OH is 1. The molecule has 3 rings (SSSR count). The second-order valence-electron chi connectivity index (χ2n) is 6.97. The summed E-state index contributed by atoms with van der Waals surface area (Å²) < 4.78 is 1.79. The maximum atomic E-state index is 11.8. The first-order chi connectivity index (χ1) is 13.5. The van der Waals surface area contributed by atoms with Crippen molar-refractivity contribution in [1.29, 1.82) is 0 Å². The van der Waals surface area contributed by atoms with E-state index in [0.717, 1.165) is 48.2 Å². The van der Waals surface area contributed by atoms with Gasteiger partial charge in [-0.3, -0.25) is 9.59 Å². The number of aliphatic hydroxyl groups is 1. The molecule has 0 radical (unpaired) electrons. The number of rotatable bonds is 6. The molecule has 0 saturated carbocycles. The summed E-state index contributed by atoms with van der Waals surface area (Å²) in [6, 6.07) is 7.51. The minimum absolute atomic E-state index is 0.348. The van der Waals surface area contributed by atoms with Crippen molar-refractivity contribution in [3.8, 4) is 17.5 Å². The van der Waals surface area contributed by atoms with E-state index in [1.807, 2.05) is 24.3 Å². The Hall–Kier alpha value is -3.11. The zero-order chi connectivity index (χ0) is 20.1. The van der Waals surface area contributed by atoms with Crippen LogP contribution in [-0.2, 0) is 17.6 Å². The van der Waals surface area contributed by atoms with Crippen LogP contribution in [0.4, 0.5) is 0 Å². The first-order valence-electron chi connectivity index (χ1n) is 9.35. The highest BCUT2D eigenvalue weighted by Crippen LogP contribution is 2.27. The van der Waals surface area contributed by atoms with E-state index in [2.05, 4.69) is 16.9 Å². The number of benzene rings is 1. The van der Waals surface area contributed by atoms with Crippen LogP contribution in [0.25, 0.3) is 5.69 Å². The zero-order valence-electron chi connectivity index (χ0n) is 15.9. The molecule has 3 N–H and O–H groups in total. The average molecular weight is 380 g/mol. The summed E-state index contributed by atoms with van der Waals surface area (Å²) in [5.74, 6) is 5.26. The van der Waals surface area contributed by atoms with Gasteiger partial charge in [-0.1, -0.05) is 17.9 Å². The number of carbonyl (C=O) groups is 2. The summed E-state index contributed by atoms with van der Waals surface area (Å²) in [6.45, 7) is 0.439. The van der Waals surface area contributed by atoms with Crippen LogP contribution in [0.1, 0.15) is 46.6 Å². The number of nitrogens with two attached hydrogens (primary N) is 1. The highest BCUT2D eigenvalue weighted by molar-refractivity contribution is 5.92. The fourth-order valence-electron chi connectivity index (χ4n) is 3.34. The Labute approximate surface area is 164 Å². The normalized spacial score (nSPS) is 13.8. The Morgan fingerprint density at radius 3 is 2.96 bits per heavy atom. The summed E-state index contributed by atoms with van der Waals surface area (Å²) in [4.78, 5) is 23.8. The molecule has 0 saturated heterocycles. The number of nitrogens with zero attached hydrogens (tertiary/aromatic N) is 3. The molecule has 0 bridgehead atoms. The molecular weight excluding hydrogens is 356 g/mol. The number of fused-ring (bicyclic) bond motifs is 1. The van der Waals surface area contributed by atoms with Gasteiger partial charge >= 0.3 is 0 Å². The quantitative estimate of drug-likeness (QED) is 0.577. The monoisotopic (exact) mass is 380 g/mol. The molecule has 7 heteroatoms. The van der Waals surface area contributed by atoms with Crippen molar-refractivity contribution in [2.45, 2.75) is 38.2 Å². The van der Waals surface area contributed by atoms with Crippen molar-refractivity contribution < 1.29 is 14.7 Å². The number of hydrogen-bond acceptors (Lipinski definition) is 4. The fourth-order valence-corrected chi connectivity index (χ4v) is 3.34. The van der Waals surface area contributed by atoms with E-state index in [1.54, 1.807) is 11.7 Å². The molecule has 1 aromatic carbocycles. The molecule has 1 aliphatic rings. The van der Waals surface area contributed by atoms with Gasteiger partial charge in [0, 0.05) is 36.8 Å². The van der Waals surface area contributed by atoms with E-state index in [9.17, 15) is 14.7 Å². The van der Waals surface area contributed by atoms with Crippen molar-refractivity contribution in [1.82, 2.24) is 14.7 Å². The predicted molar refractivity (Wildman–Crippen MR) is 105 cm³/mol. The summed E-state index contributed by atoms with van der Waals surface area (Å²) in [5.41, 5.74) is 9.39. The first kappa shape index (κ1) is 19.6. The number of primary amides is 1. The Morgan fingerprint density at radius 1 is 1.43 bits per heavy atom. The van der Waals surface area contributed by atoms with Crippen LogP contribution >= 0.6 is 0 Å². The van der Waals surface area contributed by atoms with Crippen molar-refractivity contribution >= 4 is 12.3 Å². The first-order valence-corrected chi connectivity index (χ1v) is 9.35. The van der Waals surface area contributed by atoms with Crippen molar-refractivity contribution in [2.75, 3.05) is 13.6 Å². The van der Waals surface area contributed by atoms with E-state index in [0.29, 0.717) is 25.1 Å². The number of carbonyl (C=O) groups excluding carboxylic acids is 2. The van der Waals surface area contributed by atoms with Gasteiger partial charge < -0.3 is 15.7 Å². The number of amides is 2. The van der Waals surface area contributed by atoms with Crippen LogP contribution in [0.2, 0.25) is 0 Å². The lowest BCUT2D eigenvalue weighted by Crippen LogP contribution is -2.21. The highest BCUT2D eigenvalue weighted by Gasteiger charge is 2.24. The maximum absolute atomic E-state index is 11.8. The molecule has 2 amide bonds. The zero-order valence-corrected chi connectivity index (χ0v) is 15.9. The Bertz CT molecular complexity index is 939. The highest BCUT2D eigenvalue weighted by atomic mass is 16.3. The lowest BCUT2D eigenvalue weighted by atomic mass is 9.95. The molecule has 1 aliphatic carbocycles. The van der Waals surface area contributed by atoms with Gasteiger partial charge in [-0.05, 0) is 43.9 Å². The van der Waals surface area contributed by atoms with Crippen LogP contribution in [-0.4, -0.2) is 51.8 Å². The Morgan fingerprint density at radius 2 is 2.21 bits per heavy atom. The van der Waals surface area contributed by atoms with Crippen LogP contribution in [0.3, 0.4) is 0 Å². The SMILES string of the molecule is CN(C=O)CC[C@@H](O)C#Cc1cccc(-n2nc(C(N)=O)c3c2CCCC3)c1. The van der Waals surface area contributed by atoms with Gasteiger partial charge in [0.05, 0.1) is 5.69 Å². The van der Waals surface area contributed by atoms with Gasteiger partial charge in [0.2, 0.25) is 6.41 Å². The van der Waals surface area contributed by atoms with Gasteiger partial charge in [0.15, 0.2) is 5.69 Å². The summed E-state index contributed by atoms with van der Waals surface area (Å²) in [5, 5.41) is 14.4. The van der Waals surface area contributed by atoms with Gasteiger partial charge in [-0.25, -0.2) is 4.68 Å². The Balaban J connectivity index is 1.84. The topological polar surface area (TPSA) is 101 Å². The Kier molecular flexibility index (Phi) is 6.12. The third-order valence-electron chi connectivity index (χ3n) is 4.82. The van der Waals surface area contributed by atoms with E-state index in [1.165, 1.54) is 4.90 Å². The van der Waals surface area contributed by atoms with E-state index >= 15 is 0 Å². The standard InChI is InChI=1S/C21H24N4O3/c1-24(14-26)12-11-17(27)10-9-15-5-4-6-16(13-15)25-19-8-3-2-7-18(19)20(23-25)21(22)28/h4-6,13-14,17,27H,2-3,7-8,11-12H2,1H3,(H2,22,28)/t17-/m0/s1. The van der Waals surface area contributed by atoms with Gasteiger partial charge in [0.25, 0.3) is 5.91 Å². The molecule has 146 valence electrons. The number of aromatic nitrogens is 2. The molecule has 0 aliphatic heterocycles. The molecule has 0 unspecified atom stereocenters. The largest absolute Gasteiger partial charge is 0.380 e.